The first kappa shape index (κ1) is 16.0. The molecule has 3 nitrogen and oxygen atoms in total. The quantitative estimate of drug-likeness (QED) is 0.893. The maximum atomic E-state index is 8.87. The molecule has 1 aromatic rings. The highest BCUT2D eigenvalue weighted by atomic mass is 15.1. The van der Waals surface area contributed by atoms with Crippen molar-refractivity contribution >= 4 is 0 Å². The predicted octanol–water partition coefficient (Wildman–Crippen LogP) is 3.52. The third-order valence-electron chi connectivity index (χ3n) is 4.22. The van der Waals surface area contributed by atoms with Crippen molar-refractivity contribution in [2.24, 2.45) is 0 Å². The first-order valence-corrected chi connectivity index (χ1v) is 7.76. The summed E-state index contributed by atoms with van der Waals surface area (Å²) in [6.07, 6.45) is 2.24. The van der Waals surface area contributed by atoms with Crippen LogP contribution in [0.25, 0.3) is 0 Å². The lowest BCUT2D eigenvalue weighted by atomic mass is 9.79. The van der Waals surface area contributed by atoms with Gasteiger partial charge in [0.2, 0.25) is 0 Å². The Balaban J connectivity index is 2.04. The average Bonchev–Trinajstić information content (AvgIpc) is 2.35. The second kappa shape index (κ2) is 5.79. The highest BCUT2D eigenvalue weighted by molar-refractivity contribution is 5.32. The molecule has 0 bridgehead atoms. The van der Waals surface area contributed by atoms with Crippen molar-refractivity contribution in [1.29, 1.82) is 5.26 Å². The van der Waals surface area contributed by atoms with E-state index in [1.807, 2.05) is 24.3 Å². The van der Waals surface area contributed by atoms with Crippen molar-refractivity contribution in [3.63, 3.8) is 0 Å². The number of nitrogens with one attached hydrogen (secondary N) is 2. The molecule has 1 saturated heterocycles. The topological polar surface area (TPSA) is 47.8 Å². The number of hydrogen-bond acceptors (Lipinski definition) is 3. The Morgan fingerprint density at radius 1 is 1.14 bits per heavy atom. The van der Waals surface area contributed by atoms with Crippen LogP contribution in [0.1, 0.15) is 64.6 Å². The van der Waals surface area contributed by atoms with Crippen molar-refractivity contribution in [3.8, 4) is 6.07 Å². The standard InChI is InChI=1S/C18H27N3/c1-13(15-8-6-14(12-19)7-9-15)20-16-10-17(2,3)21-18(4,5)11-16/h6-9,13,16,20-21H,10-11H2,1-5H3. The monoisotopic (exact) mass is 285 g/mol. The Labute approximate surface area is 128 Å². The van der Waals surface area contributed by atoms with Crippen molar-refractivity contribution in [1.82, 2.24) is 10.6 Å². The van der Waals surface area contributed by atoms with Crippen LogP contribution in [0.4, 0.5) is 0 Å². The Morgan fingerprint density at radius 2 is 1.67 bits per heavy atom. The maximum Gasteiger partial charge on any atom is 0.0991 e. The summed E-state index contributed by atoms with van der Waals surface area (Å²) in [6.45, 7) is 11.3. The molecule has 2 rings (SSSR count). The van der Waals surface area contributed by atoms with Gasteiger partial charge in [-0.1, -0.05) is 12.1 Å². The zero-order valence-electron chi connectivity index (χ0n) is 13.8. The van der Waals surface area contributed by atoms with Gasteiger partial charge in [0.15, 0.2) is 0 Å². The summed E-state index contributed by atoms with van der Waals surface area (Å²) in [7, 11) is 0. The zero-order valence-corrected chi connectivity index (χ0v) is 13.8. The van der Waals surface area contributed by atoms with E-state index in [-0.39, 0.29) is 11.1 Å². The van der Waals surface area contributed by atoms with E-state index < -0.39 is 0 Å². The minimum Gasteiger partial charge on any atom is -0.307 e. The number of nitriles is 1. The summed E-state index contributed by atoms with van der Waals surface area (Å²) in [5.41, 5.74) is 2.27. The molecule has 0 aliphatic carbocycles. The molecular weight excluding hydrogens is 258 g/mol. The third-order valence-corrected chi connectivity index (χ3v) is 4.22. The van der Waals surface area contributed by atoms with Crippen molar-refractivity contribution in [2.45, 2.75) is 70.6 Å². The normalized spacial score (nSPS) is 22.5. The molecule has 114 valence electrons. The van der Waals surface area contributed by atoms with E-state index in [9.17, 15) is 0 Å². The molecule has 1 unspecified atom stereocenters. The lowest BCUT2D eigenvalue weighted by molar-refractivity contribution is 0.141. The van der Waals surface area contributed by atoms with E-state index in [0.29, 0.717) is 12.1 Å². The minimum absolute atomic E-state index is 0.157. The SMILES string of the molecule is CC(NC1CC(C)(C)NC(C)(C)C1)c1ccc(C#N)cc1. The fraction of sp³-hybridized carbons (Fsp3) is 0.611. The van der Waals surface area contributed by atoms with Crippen molar-refractivity contribution in [2.75, 3.05) is 0 Å². The Hall–Kier alpha value is -1.37. The molecule has 0 amide bonds. The molecule has 1 aromatic carbocycles. The van der Waals surface area contributed by atoms with Crippen LogP contribution in [-0.4, -0.2) is 17.1 Å². The molecule has 0 spiro atoms. The number of hydrogen-bond donors (Lipinski definition) is 2. The van der Waals surface area contributed by atoms with Crippen LogP contribution in [0.2, 0.25) is 0 Å². The molecule has 1 atom stereocenters. The molecule has 0 saturated carbocycles. The molecule has 3 heteroatoms. The van der Waals surface area contributed by atoms with Crippen molar-refractivity contribution < 1.29 is 0 Å². The van der Waals surface area contributed by atoms with Gasteiger partial charge in [-0.25, -0.2) is 0 Å². The largest absolute Gasteiger partial charge is 0.307 e. The summed E-state index contributed by atoms with van der Waals surface area (Å²) < 4.78 is 0. The lowest BCUT2D eigenvalue weighted by Gasteiger charge is -2.47. The second-order valence-corrected chi connectivity index (χ2v) is 7.62. The summed E-state index contributed by atoms with van der Waals surface area (Å²) in [6, 6.07) is 10.9. The molecule has 1 heterocycles. The van der Waals surface area contributed by atoms with Gasteiger partial charge in [0.25, 0.3) is 0 Å². The van der Waals surface area contributed by atoms with Gasteiger partial charge in [0.05, 0.1) is 11.6 Å². The molecule has 1 aliphatic heterocycles. The van der Waals surface area contributed by atoms with E-state index in [4.69, 9.17) is 5.26 Å². The molecule has 0 aromatic heterocycles. The number of benzene rings is 1. The predicted molar refractivity (Wildman–Crippen MR) is 87.0 cm³/mol. The van der Waals surface area contributed by atoms with Gasteiger partial charge >= 0.3 is 0 Å². The molecule has 1 fully saturated rings. The van der Waals surface area contributed by atoms with Crippen molar-refractivity contribution in [3.05, 3.63) is 35.4 Å². The number of piperidine rings is 1. The molecule has 2 N–H and O–H groups in total. The highest BCUT2D eigenvalue weighted by Crippen LogP contribution is 2.30. The average molecular weight is 285 g/mol. The van der Waals surface area contributed by atoms with E-state index in [1.165, 1.54) is 5.56 Å². The number of nitrogens with zero attached hydrogens (tertiary/aromatic N) is 1. The van der Waals surface area contributed by atoms with Gasteiger partial charge < -0.3 is 10.6 Å². The minimum atomic E-state index is 0.157. The molecule has 21 heavy (non-hydrogen) atoms. The van der Waals surface area contributed by atoms with E-state index in [2.05, 4.69) is 51.3 Å². The van der Waals surface area contributed by atoms with Crippen LogP contribution in [0.15, 0.2) is 24.3 Å². The second-order valence-electron chi connectivity index (χ2n) is 7.62. The van der Waals surface area contributed by atoms with Crippen LogP contribution in [-0.2, 0) is 0 Å². The molecule has 1 aliphatic rings. The Morgan fingerprint density at radius 3 is 2.14 bits per heavy atom. The smallest absolute Gasteiger partial charge is 0.0991 e. The zero-order chi connectivity index (χ0) is 15.7. The Kier molecular flexibility index (Phi) is 4.41. The Bertz CT molecular complexity index is 506. The van der Waals surface area contributed by atoms with Gasteiger partial charge in [0.1, 0.15) is 0 Å². The van der Waals surface area contributed by atoms with Gasteiger partial charge in [-0.3, -0.25) is 0 Å². The van der Waals surface area contributed by atoms with E-state index in [1.54, 1.807) is 0 Å². The van der Waals surface area contributed by atoms with Gasteiger partial charge in [0, 0.05) is 23.2 Å². The maximum absolute atomic E-state index is 8.87. The van der Waals surface area contributed by atoms with Crippen LogP contribution < -0.4 is 10.6 Å². The van der Waals surface area contributed by atoms with E-state index in [0.717, 1.165) is 18.4 Å². The van der Waals surface area contributed by atoms with Crippen LogP contribution in [0.3, 0.4) is 0 Å². The van der Waals surface area contributed by atoms with Crippen LogP contribution >= 0.6 is 0 Å². The van der Waals surface area contributed by atoms with Crippen LogP contribution in [0.5, 0.6) is 0 Å². The lowest BCUT2D eigenvalue weighted by Crippen LogP contribution is -2.61. The highest BCUT2D eigenvalue weighted by Gasteiger charge is 2.37. The molecule has 0 radical (unpaired) electrons. The number of rotatable bonds is 3. The fourth-order valence-electron chi connectivity index (χ4n) is 3.74. The summed E-state index contributed by atoms with van der Waals surface area (Å²) in [5.74, 6) is 0. The first-order valence-electron chi connectivity index (χ1n) is 7.76. The molecular formula is C18H27N3. The van der Waals surface area contributed by atoms with Gasteiger partial charge in [-0.15, -0.1) is 0 Å². The summed E-state index contributed by atoms with van der Waals surface area (Å²) >= 11 is 0. The van der Waals surface area contributed by atoms with Gasteiger partial charge in [-0.2, -0.15) is 5.26 Å². The van der Waals surface area contributed by atoms with Gasteiger partial charge in [-0.05, 0) is 65.2 Å². The van der Waals surface area contributed by atoms with E-state index >= 15 is 0 Å². The first-order chi connectivity index (χ1) is 9.71. The summed E-state index contributed by atoms with van der Waals surface area (Å²) in [5, 5.41) is 16.3. The third kappa shape index (κ3) is 4.30. The van der Waals surface area contributed by atoms with Crippen LogP contribution in [0, 0.1) is 11.3 Å². The summed E-state index contributed by atoms with van der Waals surface area (Å²) in [4.78, 5) is 0. The fourth-order valence-corrected chi connectivity index (χ4v) is 3.74.